The van der Waals surface area contributed by atoms with Gasteiger partial charge in [-0.05, 0) is 24.8 Å². The van der Waals surface area contributed by atoms with Gasteiger partial charge in [0.25, 0.3) is 0 Å². The lowest BCUT2D eigenvalue weighted by atomic mass is 9.89. The molecular formula is C16H21N3. The molecule has 0 bridgehead atoms. The van der Waals surface area contributed by atoms with Crippen LogP contribution in [0.5, 0.6) is 0 Å². The first-order valence-electron chi connectivity index (χ1n) is 7.58. The molecule has 3 atom stereocenters. The van der Waals surface area contributed by atoms with Gasteiger partial charge in [0.05, 0.1) is 12.1 Å². The van der Waals surface area contributed by atoms with Gasteiger partial charge < -0.3 is 10.2 Å². The van der Waals surface area contributed by atoms with Crippen molar-refractivity contribution >= 4 is 5.96 Å². The van der Waals surface area contributed by atoms with Crippen molar-refractivity contribution in [2.45, 2.75) is 50.2 Å². The molecule has 1 aromatic carbocycles. The zero-order valence-electron chi connectivity index (χ0n) is 11.3. The number of guanidine groups is 1. The summed E-state index contributed by atoms with van der Waals surface area (Å²) in [6.07, 6.45) is 6.51. The number of benzene rings is 1. The Balaban J connectivity index is 1.68. The number of rotatable bonds is 1. The minimum absolute atomic E-state index is 0.522. The number of aliphatic imine (C=N–C) groups is 1. The quantitative estimate of drug-likeness (QED) is 0.835. The second-order valence-electron chi connectivity index (χ2n) is 5.93. The van der Waals surface area contributed by atoms with Crippen LogP contribution in [0.1, 0.15) is 43.7 Å². The van der Waals surface area contributed by atoms with Gasteiger partial charge in [-0.1, -0.05) is 43.2 Å². The SMILES string of the molecule is c1ccc(C2CCN=C3NC4CCCCC4N32)cc1. The molecule has 3 aliphatic rings. The van der Waals surface area contributed by atoms with Gasteiger partial charge in [-0.2, -0.15) is 0 Å². The molecule has 100 valence electrons. The largest absolute Gasteiger partial charge is 0.351 e. The van der Waals surface area contributed by atoms with Gasteiger partial charge in [0.1, 0.15) is 0 Å². The molecule has 1 saturated carbocycles. The van der Waals surface area contributed by atoms with Crippen LogP contribution in [0.25, 0.3) is 0 Å². The maximum absolute atomic E-state index is 4.72. The Morgan fingerprint density at radius 3 is 2.79 bits per heavy atom. The molecule has 1 aliphatic carbocycles. The highest BCUT2D eigenvalue weighted by Crippen LogP contribution is 2.37. The van der Waals surface area contributed by atoms with Crippen LogP contribution < -0.4 is 5.32 Å². The van der Waals surface area contributed by atoms with Gasteiger partial charge in [-0.3, -0.25) is 4.99 Å². The Hall–Kier alpha value is -1.51. The predicted molar refractivity (Wildman–Crippen MR) is 77.1 cm³/mol. The number of hydrogen-bond acceptors (Lipinski definition) is 3. The third-order valence-electron chi connectivity index (χ3n) is 4.83. The van der Waals surface area contributed by atoms with Crippen molar-refractivity contribution in [1.29, 1.82) is 0 Å². The lowest BCUT2D eigenvalue weighted by Gasteiger charge is -2.38. The van der Waals surface area contributed by atoms with Crippen LogP contribution in [0.2, 0.25) is 0 Å². The Morgan fingerprint density at radius 2 is 1.89 bits per heavy atom. The fraction of sp³-hybridized carbons (Fsp3) is 0.562. The molecule has 4 rings (SSSR count). The minimum Gasteiger partial charge on any atom is -0.351 e. The van der Waals surface area contributed by atoms with Crippen LogP contribution >= 0.6 is 0 Å². The Bertz CT molecular complexity index is 482. The maximum atomic E-state index is 4.72. The smallest absolute Gasteiger partial charge is 0.195 e. The monoisotopic (exact) mass is 255 g/mol. The lowest BCUT2D eigenvalue weighted by Crippen LogP contribution is -2.43. The Labute approximate surface area is 114 Å². The molecule has 0 spiro atoms. The summed E-state index contributed by atoms with van der Waals surface area (Å²) in [6, 6.07) is 12.8. The van der Waals surface area contributed by atoms with Crippen molar-refractivity contribution in [3.8, 4) is 0 Å². The van der Waals surface area contributed by atoms with Gasteiger partial charge >= 0.3 is 0 Å². The summed E-state index contributed by atoms with van der Waals surface area (Å²) < 4.78 is 0. The first-order chi connectivity index (χ1) is 9.43. The zero-order chi connectivity index (χ0) is 12.7. The van der Waals surface area contributed by atoms with E-state index < -0.39 is 0 Å². The third-order valence-corrected chi connectivity index (χ3v) is 4.83. The normalized spacial score (nSPS) is 33.2. The molecular weight excluding hydrogens is 234 g/mol. The van der Waals surface area contributed by atoms with Crippen molar-refractivity contribution in [3.05, 3.63) is 35.9 Å². The highest BCUT2D eigenvalue weighted by Gasteiger charge is 2.43. The lowest BCUT2D eigenvalue weighted by molar-refractivity contribution is 0.188. The van der Waals surface area contributed by atoms with Crippen LogP contribution in [0.4, 0.5) is 0 Å². The predicted octanol–water partition coefficient (Wildman–Crippen LogP) is 2.70. The number of nitrogens with zero attached hydrogens (tertiary/aromatic N) is 2. The van der Waals surface area contributed by atoms with Gasteiger partial charge in [0.15, 0.2) is 5.96 Å². The van der Waals surface area contributed by atoms with E-state index in [2.05, 4.69) is 40.5 Å². The van der Waals surface area contributed by atoms with Crippen molar-refractivity contribution < 1.29 is 0 Å². The summed E-state index contributed by atoms with van der Waals surface area (Å²) in [7, 11) is 0. The number of fused-ring (bicyclic) bond motifs is 3. The molecule has 2 fully saturated rings. The molecule has 0 amide bonds. The first kappa shape index (κ1) is 11.3. The maximum Gasteiger partial charge on any atom is 0.195 e. The van der Waals surface area contributed by atoms with Gasteiger partial charge in [0.2, 0.25) is 0 Å². The van der Waals surface area contributed by atoms with Gasteiger partial charge in [0, 0.05) is 12.6 Å². The highest BCUT2D eigenvalue weighted by molar-refractivity contribution is 5.84. The summed E-state index contributed by atoms with van der Waals surface area (Å²) in [5.74, 6) is 1.16. The van der Waals surface area contributed by atoms with E-state index in [1.54, 1.807) is 0 Å². The van der Waals surface area contributed by atoms with E-state index in [9.17, 15) is 0 Å². The summed E-state index contributed by atoms with van der Waals surface area (Å²) in [5, 5.41) is 3.67. The average Bonchev–Trinajstić information content (AvgIpc) is 2.86. The van der Waals surface area contributed by atoms with Crippen molar-refractivity contribution in [2.75, 3.05) is 6.54 Å². The number of nitrogens with one attached hydrogen (secondary N) is 1. The van der Waals surface area contributed by atoms with Crippen LogP contribution in [0.15, 0.2) is 35.3 Å². The first-order valence-corrected chi connectivity index (χ1v) is 7.58. The molecule has 1 saturated heterocycles. The molecule has 0 aromatic heterocycles. The van der Waals surface area contributed by atoms with Crippen molar-refractivity contribution in [3.63, 3.8) is 0 Å². The van der Waals surface area contributed by atoms with Crippen LogP contribution in [-0.4, -0.2) is 29.5 Å². The molecule has 3 unspecified atom stereocenters. The molecule has 3 heteroatoms. The van der Waals surface area contributed by atoms with E-state index in [4.69, 9.17) is 4.99 Å². The summed E-state index contributed by atoms with van der Waals surface area (Å²) in [5.41, 5.74) is 1.45. The fourth-order valence-electron chi connectivity index (χ4n) is 3.95. The second-order valence-corrected chi connectivity index (χ2v) is 5.93. The van der Waals surface area contributed by atoms with E-state index in [-0.39, 0.29) is 0 Å². The van der Waals surface area contributed by atoms with Gasteiger partial charge in [-0.25, -0.2) is 0 Å². The topological polar surface area (TPSA) is 27.6 Å². The van der Waals surface area contributed by atoms with E-state index >= 15 is 0 Å². The van der Waals surface area contributed by atoms with E-state index in [1.165, 1.54) is 31.2 Å². The molecule has 2 aliphatic heterocycles. The molecule has 1 N–H and O–H groups in total. The Morgan fingerprint density at radius 1 is 1.05 bits per heavy atom. The van der Waals surface area contributed by atoms with Crippen LogP contribution in [0.3, 0.4) is 0 Å². The zero-order valence-corrected chi connectivity index (χ0v) is 11.3. The summed E-state index contributed by atoms with van der Waals surface area (Å²) >= 11 is 0. The fourth-order valence-corrected chi connectivity index (χ4v) is 3.95. The van der Waals surface area contributed by atoms with Crippen LogP contribution in [0, 0.1) is 0 Å². The minimum atomic E-state index is 0.522. The molecule has 19 heavy (non-hydrogen) atoms. The number of hydrogen-bond donors (Lipinski definition) is 1. The van der Waals surface area contributed by atoms with Gasteiger partial charge in [-0.15, -0.1) is 0 Å². The van der Waals surface area contributed by atoms with Crippen LogP contribution in [-0.2, 0) is 0 Å². The average molecular weight is 255 g/mol. The molecule has 2 heterocycles. The van der Waals surface area contributed by atoms with E-state index in [0.717, 1.165) is 18.9 Å². The van der Waals surface area contributed by atoms with Crippen molar-refractivity contribution in [1.82, 2.24) is 10.2 Å². The highest BCUT2D eigenvalue weighted by atomic mass is 15.4. The summed E-state index contributed by atoms with van der Waals surface area (Å²) in [4.78, 5) is 7.31. The standard InChI is InChI=1S/C16H21N3/c1-2-6-12(7-3-1)14-10-11-17-16-18-13-8-4-5-9-15(13)19(14)16/h1-3,6-7,13-15H,4-5,8-11H2,(H,17,18). The molecule has 0 radical (unpaired) electrons. The molecule has 3 nitrogen and oxygen atoms in total. The summed E-state index contributed by atoms with van der Waals surface area (Å²) in [6.45, 7) is 0.956. The Kier molecular flexibility index (Phi) is 2.71. The van der Waals surface area contributed by atoms with E-state index in [1.807, 2.05) is 0 Å². The second kappa shape index (κ2) is 4.55. The molecule has 1 aromatic rings. The third kappa shape index (κ3) is 1.83. The van der Waals surface area contributed by atoms with Crippen molar-refractivity contribution in [2.24, 2.45) is 4.99 Å². The van der Waals surface area contributed by atoms with E-state index in [0.29, 0.717) is 18.1 Å².